The maximum Gasteiger partial charge on any atom is 0.261 e. The van der Waals surface area contributed by atoms with Gasteiger partial charge in [0.05, 0.1) is 25.0 Å². The van der Waals surface area contributed by atoms with Crippen molar-refractivity contribution in [2.45, 2.75) is 96.9 Å². The summed E-state index contributed by atoms with van der Waals surface area (Å²) in [6, 6.07) is 41.9. The van der Waals surface area contributed by atoms with Crippen molar-refractivity contribution in [1.29, 1.82) is 0 Å². The van der Waals surface area contributed by atoms with Crippen molar-refractivity contribution >= 4 is 49.2 Å². The predicted octanol–water partition coefficient (Wildman–Crippen LogP) is 6.32. The summed E-state index contributed by atoms with van der Waals surface area (Å²) in [6.07, 6.45) is 0.578. The zero-order valence-electron chi connectivity index (χ0n) is 31.9. The Morgan fingerprint density at radius 2 is 0.765 bits per heavy atom. The Bertz CT molecular complexity index is 1450. The normalized spacial score (nSPS) is 13.6. The van der Waals surface area contributed by atoms with E-state index in [1.165, 1.54) is 20.7 Å². The van der Waals surface area contributed by atoms with Crippen LogP contribution in [0.1, 0.15) is 74.7 Å². The average molecular weight is 723 g/mol. The van der Waals surface area contributed by atoms with E-state index < -0.39 is 16.6 Å². The lowest BCUT2D eigenvalue weighted by Crippen LogP contribution is -2.67. The van der Waals surface area contributed by atoms with Crippen LogP contribution in [-0.2, 0) is 18.4 Å². The Hall–Kier alpha value is -3.83. The second kappa shape index (κ2) is 17.6. The fourth-order valence-electron chi connectivity index (χ4n) is 7.28. The van der Waals surface area contributed by atoms with Crippen molar-refractivity contribution < 1.29 is 18.4 Å². The summed E-state index contributed by atoms with van der Waals surface area (Å²) in [6.45, 7) is 18.4. The quantitative estimate of drug-likeness (QED) is 0.105. The summed E-state index contributed by atoms with van der Waals surface area (Å²) in [5, 5.41) is 10.5. The van der Waals surface area contributed by atoms with Crippen LogP contribution >= 0.6 is 0 Å². The molecule has 0 bridgehead atoms. The topological polar surface area (TPSA) is 76.7 Å². The monoisotopic (exact) mass is 722 g/mol. The standard InChI is InChI=1S/C43H58N2O4Si2/c1-34(48-50(42(3,4)5,36-22-13-9-14-23-36)37-24-15-10-16-25-37)32-40(46)44-30-21-31-45-41(47)33-35(2)49-51(43(6,7)8,38-26-17-11-18-27-38)39-28-19-12-20-29-39/h9-20,22-29,34-35H,21,30-33H2,1-8H3,(H,44,46)(H,45,47). The molecule has 272 valence electrons. The molecule has 0 radical (unpaired) electrons. The Morgan fingerprint density at radius 3 is 1.00 bits per heavy atom. The van der Waals surface area contributed by atoms with Crippen molar-refractivity contribution in [2.75, 3.05) is 13.1 Å². The molecule has 2 atom stereocenters. The summed E-state index contributed by atoms with van der Waals surface area (Å²) < 4.78 is 14.1. The second-order valence-electron chi connectivity index (χ2n) is 15.6. The minimum absolute atomic E-state index is 0.0564. The molecule has 0 aliphatic carbocycles. The number of rotatable bonds is 16. The molecule has 0 heterocycles. The molecule has 0 aromatic heterocycles. The molecule has 2 unspecified atom stereocenters. The van der Waals surface area contributed by atoms with Gasteiger partial charge >= 0.3 is 0 Å². The smallest absolute Gasteiger partial charge is 0.261 e. The molecule has 0 aliphatic heterocycles. The molecular weight excluding hydrogens is 665 g/mol. The summed E-state index contributed by atoms with van der Waals surface area (Å²) in [5.74, 6) is -0.113. The van der Waals surface area contributed by atoms with E-state index in [4.69, 9.17) is 8.85 Å². The Labute approximate surface area is 308 Å². The van der Waals surface area contributed by atoms with Crippen molar-refractivity contribution in [3.05, 3.63) is 121 Å². The molecule has 0 saturated heterocycles. The second-order valence-corrected chi connectivity index (χ2v) is 24.2. The Morgan fingerprint density at radius 1 is 0.510 bits per heavy atom. The van der Waals surface area contributed by atoms with Crippen LogP contribution in [-0.4, -0.2) is 53.7 Å². The maximum absolute atomic E-state index is 13.1. The molecule has 2 N–H and O–H groups in total. The third kappa shape index (κ3) is 9.74. The van der Waals surface area contributed by atoms with Crippen LogP contribution in [0.4, 0.5) is 0 Å². The van der Waals surface area contributed by atoms with Gasteiger partial charge in [0.25, 0.3) is 16.6 Å². The molecule has 4 aromatic carbocycles. The molecule has 0 spiro atoms. The first-order chi connectivity index (χ1) is 24.2. The van der Waals surface area contributed by atoms with E-state index in [-0.39, 0.29) is 46.9 Å². The van der Waals surface area contributed by atoms with Crippen molar-refractivity contribution in [2.24, 2.45) is 0 Å². The number of benzene rings is 4. The Kier molecular flexibility index (Phi) is 13.8. The largest absolute Gasteiger partial charge is 0.404 e. The molecular formula is C43H58N2O4Si2. The first kappa shape index (κ1) is 40.0. The zero-order chi connectivity index (χ0) is 37.1. The van der Waals surface area contributed by atoms with Gasteiger partial charge in [-0.05, 0) is 51.1 Å². The van der Waals surface area contributed by atoms with Crippen LogP contribution < -0.4 is 31.4 Å². The van der Waals surface area contributed by atoms with E-state index in [2.05, 4.69) is 149 Å². The minimum Gasteiger partial charge on any atom is -0.404 e. The number of carbonyl (C=O) groups excluding carboxylic acids is 2. The van der Waals surface area contributed by atoms with Gasteiger partial charge in [-0.25, -0.2) is 0 Å². The molecule has 0 fully saturated rings. The lowest BCUT2D eigenvalue weighted by atomic mass is 10.2. The Balaban J connectivity index is 1.30. The van der Waals surface area contributed by atoms with Gasteiger partial charge in [-0.2, -0.15) is 0 Å². The van der Waals surface area contributed by atoms with Crippen molar-refractivity contribution in [3.8, 4) is 0 Å². The van der Waals surface area contributed by atoms with Crippen molar-refractivity contribution in [3.63, 3.8) is 0 Å². The highest BCUT2D eigenvalue weighted by molar-refractivity contribution is 7.00. The van der Waals surface area contributed by atoms with Gasteiger partial charge in [0, 0.05) is 13.1 Å². The molecule has 51 heavy (non-hydrogen) atoms. The van der Waals surface area contributed by atoms with Crippen molar-refractivity contribution in [1.82, 2.24) is 10.6 Å². The third-order valence-corrected chi connectivity index (χ3v) is 19.9. The fourth-order valence-corrected chi connectivity index (χ4v) is 16.7. The van der Waals surface area contributed by atoms with E-state index >= 15 is 0 Å². The van der Waals surface area contributed by atoms with Gasteiger partial charge < -0.3 is 19.5 Å². The van der Waals surface area contributed by atoms with Gasteiger partial charge in [0.1, 0.15) is 0 Å². The van der Waals surface area contributed by atoms with Crippen LogP contribution in [0.2, 0.25) is 10.1 Å². The minimum atomic E-state index is -2.75. The van der Waals surface area contributed by atoms with Crippen LogP contribution in [0.3, 0.4) is 0 Å². The average Bonchev–Trinajstić information content (AvgIpc) is 3.09. The van der Waals surface area contributed by atoms with E-state index in [1.54, 1.807) is 0 Å². The van der Waals surface area contributed by atoms with Crippen LogP contribution in [0.15, 0.2) is 121 Å². The lowest BCUT2D eigenvalue weighted by Gasteiger charge is -2.44. The number of amides is 2. The van der Waals surface area contributed by atoms with E-state index in [1.807, 2.05) is 38.1 Å². The van der Waals surface area contributed by atoms with Gasteiger partial charge in [-0.1, -0.05) is 163 Å². The molecule has 2 amide bonds. The first-order valence-corrected chi connectivity index (χ1v) is 22.1. The molecule has 4 aromatic rings. The number of hydrogen-bond acceptors (Lipinski definition) is 4. The molecule has 6 nitrogen and oxygen atoms in total. The molecule has 0 aliphatic rings. The lowest BCUT2D eigenvalue weighted by molar-refractivity contribution is -0.123. The summed E-state index contributed by atoms with van der Waals surface area (Å²) in [4.78, 5) is 26.2. The van der Waals surface area contributed by atoms with Crippen LogP contribution in [0, 0.1) is 0 Å². The van der Waals surface area contributed by atoms with Gasteiger partial charge in [0.2, 0.25) is 11.8 Å². The summed E-state index contributed by atoms with van der Waals surface area (Å²) in [5.41, 5.74) is 0. The molecule has 4 rings (SSSR count). The summed E-state index contributed by atoms with van der Waals surface area (Å²) >= 11 is 0. The first-order valence-electron chi connectivity index (χ1n) is 18.3. The number of nitrogens with one attached hydrogen (secondary N) is 2. The van der Waals surface area contributed by atoms with E-state index in [0.717, 1.165) is 0 Å². The number of carbonyl (C=O) groups is 2. The molecule has 0 saturated carbocycles. The van der Waals surface area contributed by atoms with Gasteiger partial charge in [0.15, 0.2) is 0 Å². The van der Waals surface area contributed by atoms with Gasteiger partial charge in [-0.3, -0.25) is 9.59 Å². The fraction of sp³-hybridized carbons (Fsp3) is 0.395. The highest BCUT2D eigenvalue weighted by Crippen LogP contribution is 2.39. The van der Waals surface area contributed by atoms with Gasteiger partial charge in [-0.15, -0.1) is 0 Å². The summed E-state index contributed by atoms with van der Waals surface area (Å²) in [7, 11) is -5.50. The van der Waals surface area contributed by atoms with Crippen LogP contribution in [0.5, 0.6) is 0 Å². The highest BCUT2D eigenvalue weighted by atomic mass is 28.4. The van der Waals surface area contributed by atoms with Crippen LogP contribution in [0.25, 0.3) is 0 Å². The third-order valence-electron chi connectivity index (χ3n) is 9.53. The van der Waals surface area contributed by atoms with E-state index in [9.17, 15) is 9.59 Å². The zero-order valence-corrected chi connectivity index (χ0v) is 33.9. The maximum atomic E-state index is 13.1. The SMILES string of the molecule is CC(CC(=O)NCCCNC(=O)CC(C)O[Si](c1ccccc1)(c1ccccc1)C(C)(C)C)O[Si](c1ccccc1)(c1ccccc1)C(C)(C)C. The predicted molar refractivity (Wildman–Crippen MR) is 216 cm³/mol. The number of hydrogen-bond donors (Lipinski definition) is 2. The van der Waals surface area contributed by atoms with E-state index in [0.29, 0.717) is 19.5 Å². The highest BCUT2D eigenvalue weighted by Gasteiger charge is 2.52. The molecule has 8 heteroatoms.